The Balaban J connectivity index is 2.25. The van der Waals surface area contributed by atoms with E-state index in [1.54, 1.807) is 0 Å². The quantitative estimate of drug-likeness (QED) is 0.859. The Labute approximate surface area is 103 Å². The van der Waals surface area contributed by atoms with E-state index in [0.717, 1.165) is 12.5 Å². The lowest BCUT2D eigenvalue weighted by Crippen LogP contribution is -2.28. The third-order valence-corrected chi connectivity index (χ3v) is 4.49. The smallest absolute Gasteiger partial charge is 0.0356 e. The summed E-state index contributed by atoms with van der Waals surface area (Å²) in [5, 5.41) is 3.70. The van der Waals surface area contributed by atoms with Crippen LogP contribution in [-0.2, 0) is 5.75 Å². The summed E-state index contributed by atoms with van der Waals surface area (Å²) >= 11 is 2.06. The van der Waals surface area contributed by atoms with Crippen molar-refractivity contribution in [3.05, 3.63) is 35.4 Å². The van der Waals surface area contributed by atoms with Gasteiger partial charge in [0.15, 0.2) is 0 Å². The van der Waals surface area contributed by atoms with Crippen LogP contribution in [0.25, 0.3) is 0 Å². The number of benzene rings is 1. The minimum Gasteiger partial charge on any atom is -0.310 e. The largest absolute Gasteiger partial charge is 0.310 e. The fourth-order valence-corrected chi connectivity index (χ4v) is 3.50. The van der Waals surface area contributed by atoms with Crippen LogP contribution in [0.15, 0.2) is 24.3 Å². The number of rotatable bonds is 3. The molecule has 0 saturated carbocycles. The standard InChI is InChI=1S/C14H21NS/c1-3-8-15-14-11(2)9-16-10-12-6-4-5-7-13(12)14/h4-7,11,14-15H,3,8-10H2,1-2H3. The molecule has 1 N–H and O–H groups in total. The van der Waals surface area contributed by atoms with Crippen molar-refractivity contribution in [2.45, 2.75) is 32.1 Å². The van der Waals surface area contributed by atoms with E-state index in [1.807, 2.05) is 0 Å². The first kappa shape index (κ1) is 12.0. The van der Waals surface area contributed by atoms with E-state index in [1.165, 1.54) is 29.1 Å². The highest BCUT2D eigenvalue weighted by Crippen LogP contribution is 2.33. The summed E-state index contributed by atoms with van der Waals surface area (Å²) in [6.07, 6.45) is 1.21. The summed E-state index contributed by atoms with van der Waals surface area (Å²) in [6.45, 7) is 5.71. The van der Waals surface area contributed by atoms with Crippen molar-refractivity contribution >= 4 is 11.8 Å². The van der Waals surface area contributed by atoms with Crippen LogP contribution < -0.4 is 5.32 Å². The predicted octanol–water partition coefficient (Wildman–Crippen LogP) is 3.61. The predicted molar refractivity (Wildman–Crippen MR) is 72.8 cm³/mol. The van der Waals surface area contributed by atoms with Gasteiger partial charge in [0.1, 0.15) is 0 Å². The molecule has 2 unspecified atom stereocenters. The van der Waals surface area contributed by atoms with Gasteiger partial charge in [0.2, 0.25) is 0 Å². The number of fused-ring (bicyclic) bond motifs is 1. The van der Waals surface area contributed by atoms with Gasteiger partial charge in [0.25, 0.3) is 0 Å². The van der Waals surface area contributed by atoms with Crippen molar-refractivity contribution in [2.75, 3.05) is 12.3 Å². The molecule has 1 aliphatic rings. The van der Waals surface area contributed by atoms with Crippen molar-refractivity contribution in [3.8, 4) is 0 Å². The Morgan fingerprint density at radius 1 is 1.38 bits per heavy atom. The maximum Gasteiger partial charge on any atom is 0.0356 e. The fourth-order valence-electron chi connectivity index (χ4n) is 2.34. The summed E-state index contributed by atoms with van der Waals surface area (Å²) in [7, 11) is 0. The highest BCUT2D eigenvalue weighted by atomic mass is 32.2. The van der Waals surface area contributed by atoms with Gasteiger partial charge in [-0.2, -0.15) is 11.8 Å². The zero-order valence-corrected chi connectivity index (χ0v) is 11.0. The van der Waals surface area contributed by atoms with E-state index in [0.29, 0.717) is 6.04 Å². The lowest BCUT2D eigenvalue weighted by atomic mass is 9.92. The second kappa shape index (κ2) is 5.74. The molecule has 1 aromatic rings. The second-order valence-electron chi connectivity index (χ2n) is 4.62. The topological polar surface area (TPSA) is 12.0 Å². The molecule has 2 heteroatoms. The van der Waals surface area contributed by atoms with E-state index >= 15 is 0 Å². The van der Waals surface area contributed by atoms with Crippen LogP contribution in [-0.4, -0.2) is 12.3 Å². The summed E-state index contributed by atoms with van der Waals surface area (Å²) in [6, 6.07) is 9.45. The maximum atomic E-state index is 3.70. The number of hydrogen-bond acceptors (Lipinski definition) is 2. The van der Waals surface area contributed by atoms with Gasteiger partial charge in [-0.1, -0.05) is 38.1 Å². The van der Waals surface area contributed by atoms with Crippen molar-refractivity contribution < 1.29 is 0 Å². The molecule has 0 amide bonds. The molecule has 0 radical (unpaired) electrons. The van der Waals surface area contributed by atoms with Gasteiger partial charge in [-0.15, -0.1) is 0 Å². The van der Waals surface area contributed by atoms with Crippen molar-refractivity contribution in [2.24, 2.45) is 5.92 Å². The second-order valence-corrected chi connectivity index (χ2v) is 5.65. The van der Waals surface area contributed by atoms with E-state index < -0.39 is 0 Å². The molecule has 1 heterocycles. The van der Waals surface area contributed by atoms with Gasteiger partial charge in [-0.05, 0) is 35.8 Å². The van der Waals surface area contributed by atoms with Crippen LogP contribution >= 0.6 is 11.8 Å². The van der Waals surface area contributed by atoms with Crippen LogP contribution in [0.1, 0.15) is 37.4 Å². The van der Waals surface area contributed by atoms with Crippen molar-refractivity contribution in [1.82, 2.24) is 5.32 Å². The van der Waals surface area contributed by atoms with Crippen LogP contribution in [0, 0.1) is 5.92 Å². The van der Waals surface area contributed by atoms with Gasteiger partial charge >= 0.3 is 0 Å². The Morgan fingerprint density at radius 2 is 2.19 bits per heavy atom. The first-order chi connectivity index (χ1) is 7.83. The zero-order valence-electron chi connectivity index (χ0n) is 10.2. The van der Waals surface area contributed by atoms with E-state index in [9.17, 15) is 0 Å². The molecule has 88 valence electrons. The van der Waals surface area contributed by atoms with Gasteiger partial charge in [-0.25, -0.2) is 0 Å². The molecular formula is C14H21NS. The molecule has 0 aliphatic carbocycles. The lowest BCUT2D eigenvalue weighted by Gasteiger charge is -2.24. The molecule has 1 aliphatic heterocycles. The first-order valence-electron chi connectivity index (χ1n) is 6.22. The summed E-state index contributed by atoms with van der Waals surface area (Å²) in [5.74, 6) is 3.15. The monoisotopic (exact) mass is 235 g/mol. The first-order valence-corrected chi connectivity index (χ1v) is 7.37. The maximum absolute atomic E-state index is 3.70. The van der Waals surface area contributed by atoms with E-state index in [4.69, 9.17) is 0 Å². The summed E-state index contributed by atoms with van der Waals surface area (Å²) in [4.78, 5) is 0. The normalized spacial score (nSPS) is 24.9. The Kier molecular flexibility index (Phi) is 4.30. The Bertz CT molecular complexity index is 337. The molecular weight excluding hydrogens is 214 g/mol. The SMILES string of the molecule is CCCNC1c2ccccc2CSCC1C. The minimum atomic E-state index is 0.547. The molecule has 0 aromatic heterocycles. The molecule has 1 nitrogen and oxygen atoms in total. The zero-order chi connectivity index (χ0) is 11.4. The Hall–Kier alpha value is -0.470. The number of nitrogens with one attached hydrogen (secondary N) is 1. The molecule has 1 aromatic carbocycles. The Morgan fingerprint density at radius 3 is 3.00 bits per heavy atom. The van der Waals surface area contributed by atoms with E-state index in [-0.39, 0.29) is 0 Å². The third kappa shape index (κ3) is 2.61. The fraction of sp³-hybridized carbons (Fsp3) is 0.571. The highest BCUT2D eigenvalue weighted by Gasteiger charge is 2.23. The van der Waals surface area contributed by atoms with Crippen LogP contribution in [0.2, 0.25) is 0 Å². The average molecular weight is 235 g/mol. The number of thioether (sulfide) groups is 1. The van der Waals surface area contributed by atoms with Gasteiger partial charge < -0.3 is 5.32 Å². The molecule has 16 heavy (non-hydrogen) atoms. The van der Waals surface area contributed by atoms with Crippen LogP contribution in [0.3, 0.4) is 0 Å². The molecule has 0 saturated heterocycles. The summed E-state index contributed by atoms with van der Waals surface area (Å²) in [5.41, 5.74) is 3.04. The molecule has 0 fully saturated rings. The van der Waals surface area contributed by atoms with Gasteiger partial charge in [0, 0.05) is 11.8 Å². The van der Waals surface area contributed by atoms with Crippen molar-refractivity contribution in [1.29, 1.82) is 0 Å². The van der Waals surface area contributed by atoms with Crippen LogP contribution in [0.4, 0.5) is 0 Å². The van der Waals surface area contributed by atoms with Gasteiger partial charge in [0.05, 0.1) is 0 Å². The van der Waals surface area contributed by atoms with Crippen molar-refractivity contribution in [3.63, 3.8) is 0 Å². The molecule has 0 bridgehead atoms. The van der Waals surface area contributed by atoms with Gasteiger partial charge in [-0.3, -0.25) is 0 Å². The van der Waals surface area contributed by atoms with Crippen LogP contribution in [0.5, 0.6) is 0 Å². The highest BCUT2D eigenvalue weighted by molar-refractivity contribution is 7.98. The molecule has 2 atom stereocenters. The summed E-state index contributed by atoms with van der Waals surface area (Å²) < 4.78 is 0. The number of hydrogen-bond donors (Lipinski definition) is 1. The molecule has 0 spiro atoms. The third-order valence-electron chi connectivity index (χ3n) is 3.21. The lowest BCUT2D eigenvalue weighted by molar-refractivity contribution is 0.419. The molecule has 2 rings (SSSR count). The van der Waals surface area contributed by atoms with E-state index in [2.05, 4.69) is 55.2 Å². The minimum absolute atomic E-state index is 0.547. The average Bonchev–Trinajstić information content (AvgIpc) is 2.46.